The first-order valence-corrected chi connectivity index (χ1v) is 11.0. The van der Waals surface area contributed by atoms with Crippen LogP contribution in [0.4, 0.5) is 4.39 Å². The zero-order valence-corrected chi connectivity index (χ0v) is 17.8. The van der Waals surface area contributed by atoms with E-state index in [1.807, 2.05) is 24.3 Å². The van der Waals surface area contributed by atoms with Crippen molar-refractivity contribution in [3.05, 3.63) is 103 Å². The Morgan fingerprint density at radius 3 is 1.76 bits per heavy atom. The van der Waals surface area contributed by atoms with E-state index < -0.39 is 7.92 Å². The molecule has 3 aromatic carbocycles. The predicted molar refractivity (Wildman–Crippen MR) is 121 cm³/mol. The van der Waals surface area contributed by atoms with Crippen LogP contribution in [0, 0.1) is 5.82 Å². The van der Waals surface area contributed by atoms with Crippen molar-refractivity contribution in [2.45, 2.75) is 26.2 Å². The lowest BCUT2D eigenvalue weighted by atomic mass is 9.93. The molecule has 4 heteroatoms. The number of hydrogen-bond donors (Lipinski definition) is 0. The lowest BCUT2D eigenvalue weighted by molar-refractivity contribution is 0.572. The molecule has 1 aromatic heterocycles. The minimum Gasteiger partial charge on any atom is -0.299 e. The third-order valence-corrected chi connectivity index (χ3v) is 7.13. The van der Waals surface area contributed by atoms with Crippen LogP contribution in [0.5, 0.6) is 0 Å². The van der Waals surface area contributed by atoms with Crippen LogP contribution in [0.2, 0.25) is 0 Å². The Hall–Kier alpha value is -2.77. The number of benzene rings is 3. The van der Waals surface area contributed by atoms with Crippen LogP contribution >= 0.6 is 7.92 Å². The SMILES string of the molecule is CC(C)(C)c1cn(-c2ccc(F)cc2)c(P(c2ccccc2)c2ccccc2)n1. The lowest BCUT2D eigenvalue weighted by Gasteiger charge is -2.20. The highest BCUT2D eigenvalue weighted by Gasteiger charge is 2.27. The molecule has 1 heterocycles. The molecule has 0 atom stereocenters. The van der Waals surface area contributed by atoms with Crippen LogP contribution in [0.15, 0.2) is 91.1 Å². The summed E-state index contributed by atoms with van der Waals surface area (Å²) in [7, 11) is -0.866. The zero-order chi connectivity index (χ0) is 20.4. The van der Waals surface area contributed by atoms with E-state index in [-0.39, 0.29) is 11.2 Å². The van der Waals surface area contributed by atoms with Gasteiger partial charge in [0.1, 0.15) is 11.4 Å². The van der Waals surface area contributed by atoms with Crippen LogP contribution in [-0.4, -0.2) is 9.55 Å². The molecule has 0 N–H and O–H groups in total. The van der Waals surface area contributed by atoms with E-state index in [2.05, 4.69) is 80.1 Å². The quantitative estimate of drug-likeness (QED) is 0.436. The normalized spacial score (nSPS) is 11.8. The second-order valence-corrected chi connectivity index (χ2v) is 10.1. The van der Waals surface area contributed by atoms with Crippen molar-refractivity contribution in [1.29, 1.82) is 0 Å². The van der Waals surface area contributed by atoms with Gasteiger partial charge >= 0.3 is 0 Å². The van der Waals surface area contributed by atoms with Crippen molar-refractivity contribution < 1.29 is 4.39 Å². The van der Waals surface area contributed by atoms with Gasteiger partial charge in [0.25, 0.3) is 0 Å². The Morgan fingerprint density at radius 2 is 1.28 bits per heavy atom. The van der Waals surface area contributed by atoms with Crippen LogP contribution in [0.3, 0.4) is 0 Å². The monoisotopic (exact) mass is 402 g/mol. The maximum absolute atomic E-state index is 13.6. The summed E-state index contributed by atoms with van der Waals surface area (Å²) < 4.78 is 15.7. The standard InChI is InChI=1S/C25H24FN2P/c1-25(2,3)23-18-28(20-16-14-19(26)15-17-20)24(27-23)29(21-10-6-4-7-11-21)22-12-8-5-9-13-22/h4-18H,1-3H3. The highest BCUT2D eigenvalue weighted by atomic mass is 31.1. The van der Waals surface area contributed by atoms with Gasteiger partial charge in [-0.25, -0.2) is 9.37 Å². The summed E-state index contributed by atoms with van der Waals surface area (Å²) in [5, 5.41) is 2.48. The molecule has 0 spiro atoms. The molecule has 0 aliphatic rings. The number of rotatable bonds is 4. The molecule has 0 radical (unpaired) electrons. The molecule has 0 unspecified atom stereocenters. The van der Waals surface area contributed by atoms with Gasteiger partial charge in [-0.2, -0.15) is 0 Å². The predicted octanol–water partition coefficient (Wildman–Crippen LogP) is 5.07. The van der Waals surface area contributed by atoms with Gasteiger partial charge in [0, 0.05) is 25.2 Å². The second-order valence-electron chi connectivity index (χ2n) is 8.03. The molecule has 0 aliphatic heterocycles. The molecule has 146 valence electrons. The molecular formula is C25H24FN2P. The summed E-state index contributed by atoms with van der Waals surface area (Å²) in [5.74, 6) is -0.236. The molecule has 4 aromatic rings. The first-order valence-electron chi connectivity index (χ1n) is 9.69. The molecular weight excluding hydrogens is 378 g/mol. The molecule has 4 rings (SSSR count). The Bertz CT molecular complexity index is 1040. The topological polar surface area (TPSA) is 17.8 Å². The Morgan fingerprint density at radius 1 is 0.759 bits per heavy atom. The van der Waals surface area contributed by atoms with Crippen molar-refractivity contribution in [2.75, 3.05) is 0 Å². The molecule has 0 saturated carbocycles. The summed E-state index contributed by atoms with van der Waals surface area (Å²) >= 11 is 0. The highest BCUT2D eigenvalue weighted by molar-refractivity contribution is 7.79. The molecule has 2 nitrogen and oxygen atoms in total. The summed E-state index contributed by atoms with van der Waals surface area (Å²) in [4.78, 5) is 5.13. The van der Waals surface area contributed by atoms with Crippen molar-refractivity contribution >= 4 is 24.1 Å². The van der Waals surface area contributed by atoms with Gasteiger partial charge in [0.05, 0.1) is 5.69 Å². The Labute approximate surface area is 172 Å². The summed E-state index contributed by atoms with van der Waals surface area (Å²) in [5.41, 5.74) is 2.85. The molecule has 29 heavy (non-hydrogen) atoms. The number of aromatic nitrogens is 2. The first kappa shape index (κ1) is 19.5. The van der Waals surface area contributed by atoms with Crippen LogP contribution in [0.25, 0.3) is 5.69 Å². The molecule has 0 aliphatic carbocycles. The summed E-state index contributed by atoms with van der Waals surface area (Å²) in [6.07, 6.45) is 2.10. The molecule has 0 bridgehead atoms. The van der Waals surface area contributed by atoms with Crippen molar-refractivity contribution in [3.63, 3.8) is 0 Å². The number of halogens is 1. The zero-order valence-electron chi connectivity index (χ0n) is 16.9. The first-order chi connectivity index (χ1) is 13.9. The van der Waals surface area contributed by atoms with Crippen LogP contribution < -0.4 is 16.2 Å². The smallest absolute Gasteiger partial charge is 0.145 e. The van der Waals surface area contributed by atoms with Gasteiger partial charge in [0.15, 0.2) is 0 Å². The van der Waals surface area contributed by atoms with E-state index >= 15 is 0 Å². The third-order valence-electron chi connectivity index (χ3n) is 4.79. The second kappa shape index (κ2) is 7.93. The van der Waals surface area contributed by atoms with Gasteiger partial charge in [-0.3, -0.25) is 4.57 Å². The minimum atomic E-state index is -0.866. The number of imidazole rings is 1. The van der Waals surface area contributed by atoms with Gasteiger partial charge < -0.3 is 0 Å². The Balaban J connectivity index is 1.96. The van der Waals surface area contributed by atoms with E-state index in [4.69, 9.17) is 4.98 Å². The van der Waals surface area contributed by atoms with Gasteiger partial charge in [0.2, 0.25) is 0 Å². The van der Waals surface area contributed by atoms with Crippen LogP contribution in [0.1, 0.15) is 26.5 Å². The fourth-order valence-electron chi connectivity index (χ4n) is 3.22. The Kier molecular flexibility index (Phi) is 5.34. The van der Waals surface area contributed by atoms with Gasteiger partial charge in [-0.05, 0) is 34.9 Å². The molecule has 0 saturated heterocycles. The lowest BCUT2D eigenvalue weighted by Crippen LogP contribution is -2.27. The third kappa shape index (κ3) is 4.16. The van der Waals surface area contributed by atoms with E-state index in [1.54, 1.807) is 0 Å². The van der Waals surface area contributed by atoms with Gasteiger partial charge in [-0.1, -0.05) is 81.4 Å². The van der Waals surface area contributed by atoms with E-state index in [9.17, 15) is 4.39 Å². The van der Waals surface area contributed by atoms with E-state index in [1.165, 1.54) is 22.7 Å². The van der Waals surface area contributed by atoms with E-state index in [0.29, 0.717) is 0 Å². The van der Waals surface area contributed by atoms with E-state index in [0.717, 1.165) is 16.9 Å². The fourth-order valence-corrected chi connectivity index (χ4v) is 5.51. The molecule has 0 amide bonds. The van der Waals surface area contributed by atoms with Crippen molar-refractivity contribution in [1.82, 2.24) is 9.55 Å². The van der Waals surface area contributed by atoms with Crippen LogP contribution in [-0.2, 0) is 5.41 Å². The van der Waals surface area contributed by atoms with Gasteiger partial charge in [-0.15, -0.1) is 0 Å². The largest absolute Gasteiger partial charge is 0.299 e. The number of nitrogens with zero attached hydrogens (tertiary/aromatic N) is 2. The minimum absolute atomic E-state index is 0.0889. The summed E-state index contributed by atoms with van der Waals surface area (Å²) in [6, 6.07) is 27.7. The molecule has 0 fully saturated rings. The maximum atomic E-state index is 13.6. The highest BCUT2D eigenvalue weighted by Crippen LogP contribution is 2.34. The average Bonchev–Trinajstić information content (AvgIpc) is 3.16. The average molecular weight is 402 g/mol. The summed E-state index contributed by atoms with van der Waals surface area (Å²) in [6.45, 7) is 6.50. The van der Waals surface area contributed by atoms with Crippen molar-refractivity contribution in [2.24, 2.45) is 0 Å². The van der Waals surface area contributed by atoms with Crippen molar-refractivity contribution in [3.8, 4) is 5.69 Å². The number of hydrogen-bond acceptors (Lipinski definition) is 1. The maximum Gasteiger partial charge on any atom is 0.145 e. The fraction of sp³-hybridized carbons (Fsp3) is 0.160.